The van der Waals surface area contributed by atoms with E-state index in [1.54, 1.807) is 25.3 Å². The molecule has 0 aromatic heterocycles. The van der Waals surface area contributed by atoms with Crippen LogP contribution in [0.3, 0.4) is 0 Å². The van der Waals surface area contributed by atoms with E-state index >= 15 is 0 Å². The van der Waals surface area contributed by atoms with E-state index < -0.39 is 5.97 Å². The van der Waals surface area contributed by atoms with E-state index in [1.807, 2.05) is 36.4 Å². The standard InChI is InChI=1S/C18H19ClN2O3/c1-2-23-18(22)13-24-16-8-5-6-14(10-16)11-20-21-12-15-7-3-4-9-17(15)19/h3-11,21H,2,12-13H2,1H3/b20-11-. The maximum atomic E-state index is 11.3. The fourth-order valence-electron chi connectivity index (χ4n) is 1.92. The van der Waals surface area contributed by atoms with Crippen LogP contribution in [0.4, 0.5) is 0 Å². The van der Waals surface area contributed by atoms with Crippen molar-refractivity contribution in [3.8, 4) is 5.75 Å². The third-order valence-corrected chi connectivity index (χ3v) is 3.42. The Kier molecular flexibility index (Phi) is 7.11. The van der Waals surface area contributed by atoms with Crippen LogP contribution in [0.1, 0.15) is 18.1 Å². The van der Waals surface area contributed by atoms with Gasteiger partial charge in [-0.1, -0.05) is 41.9 Å². The molecule has 0 unspecified atom stereocenters. The molecule has 1 N–H and O–H groups in total. The highest BCUT2D eigenvalue weighted by Gasteiger charge is 2.03. The van der Waals surface area contributed by atoms with Gasteiger partial charge in [-0.2, -0.15) is 5.10 Å². The third kappa shape index (κ3) is 5.93. The minimum atomic E-state index is -0.391. The highest BCUT2D eigenvalue weighted by Crippen LogP contribution is 2.14. The first-order chi connectivity index (χ1) is 11.7. The molecule has 0 aliphatic heterocycles. The van der Waals surface area contributed by atoms with Crippen LogP contribution in [-0.4, -0.2) is 25.4 Å². The van der Waals surface area contributed by atoms with Crippen molar-refractivity contribution >= 4 is 23.8 Å². The zero-order chi connectivity index (χ0) is 17.2. The summed E-state index contributed by atoms with van der Waals surface area (Å²) in [6.45, 7) is 2.52. The second-order valence-corrected chi connectivity index (χ2v) is 5.26. The van der Waals surface area contributed by atoms with Crippen molar-refractivity contribution in [2.75, 3.05) is 13.2 Å². The van der Waals surface area contributed by atoms with Crippen LogP contribution in [0.15, 0.2) is 53.6 Å². The Labute approximate surface area is 146 Å². The number of esters is 1. The molecule has 0 aliphatic carbocycles. The number of hydrazone groups is 1. The summed E-state index contributed by atoms with van der Waals surface area (Å²) in [5.74, 6) is 0.191. The first-order valence-electron chi connectivity index (χ1n) is 7.57. The normalized spacial score (nSPS) is 10.6. The molecule has 0 atom stereocenters. The van der Waals surface area contributed by atoms with Gasteiger partial charge in [0.25, 0.3) is 0 Å². The molecule has 0 amide bonds. The molecule has 24 heavy (non-hydrogen) atoms. The Bertz CT molecular complexity index is 704. The number of ether oxygens (including phenoxy) is 2. The van der Waals surface area contributed by atoms with E-state index in [0.717, 1.165) is 11.1 Å². The lowest BCUT2D eigenvalue weighted by Gasteiger charge is -2.06. The van der Waals surface area contributed by atoms with Gasteiger partial charge in [0, 0.05) is 5.02 Å². The summed E-state index contributed by atoms with van der Waals surface area (Å²) in [5, 5.41) is 4.87. The number of carbonyl (C=O) groups is 1. The molecule has 0 bridgehead atoms. The third-order valence-electron chi connectivity index (χ3n) is 3.05. The number of carbonyl (C=O) groups excluding carboxylic acids is 1. The molecule has 0 spiro atoms. The highest BCUT2D eigenvalue weighted by molar-refractivity contribution is 6.31. The Balaban J connectivity index is 1.85. The van der Waals surface area contributed by atoms with Crippen molar-refractivity contribution in [2.45, 2.75) is 13.5 Å². The van der Waals surface area contributed by atoms with Gasteiger partial charge >= 0.3 is 5.97 Å². The van der Waals surface area contributed by atoms with Gasteiger partial charge in [-0.3, -0.25) is 0 Å². The SMILES string of the molecule is CCOC(=O)COc1cccc(/C=N\NCc2ccccc2Cl)c1. The summed E-state index contributed by atoms with van der Waals surface area (Å²) >= 11 is 6.08. The molecule has 0 aliphatic rings. The minimum absolute atomic E-state index is 0.112. The average Bonchev–Trinajstić information content (AvgIpc) is 2.59. The summed E-state index contributed by atoms with van der Waals surface area (Å²) in [6.07, 6.45) is 1.67. The van der Waals surface area contributed by atoms with E-state index in [2.05, 4.69) is 10.5 Å². The zero-order valence-electron chi connectivity index (χ0n) is 13.4. The lowest BCUT2D eigenvalue weighted by atomic mass is 10.2. The van der Waals surface area contributed by atoms with Crippen LogP contribution in [-0.2, 0) is 16.1 Å². The number of benzene rings is 2. The molecule has 0 heterocycles. The highest BCUT2D eigenvalue weighted by atomic mass is 35.5. The molecule has 0 saturated carbocycles. The van der Waals surface area contributed by atoms with Gasteiger partial charge in [-0.25, -0.2) is 4.79 Å². The van der Waals surface area contributed by atoms with Crippen LogP contribution < -0.4 is 10.2 Å². The van der Waals surface area contributed by atoms with Crippen LogP contribution in [0.5, 0.6) is 5.75 Å². The van der Waals surface area contributed by atoms with E-state index in [1.165, 1.54) is 0 Å². The first kappa shape index (κ1) is 17.8. The van der Waals surface area contributed by atoms with Crippen LogP contribution >= 0.6 is 11.6 Å². The van der Waals surface area contributed by atoms with Crippen molar-refractivity contribution in [2.24, 2.45) is 5.10 Å². The fourth-order valence-corrected chi connectivity index (χ4v) is 2.12. The van der Waals surface area contributed by atoms with Gasteiger partial charge in [-0.15, -0.1) is 0 Å². The van der Waals surface area contributed by atoms with E-state index in [4.69, 9.17) is 21.1 Å². The monoisotopic (exact) mass is 346 g/mol. The van der Waals surface area contributed by atoms with Crippen LogP contribution in [0, 0.1) is 0 Å². The number of hydrogen-bond donors (Lipinski definition) is 1. The lowest BCUT2D eigenvalue weighted by molar-refractivity contribution is -0.145. The Morgan fingerprint density at radius 2 is 2.08 bits per heavy atom. The fraction of sp³-hybridized carbons (Fsp3) is 0.222. The van der Waals surface area contributed by atoms with E-state index in [9.17, 15) is 4.79 Å². The summed E-state index contributed by atoms with van der Waals surface area (Å²) < 4.78 is 10.2. The van der Waals surface area contributed by atoms with Crippen LogP contribution in [0.25, 0.3) is 0 Å². The van der Waals surface area contributed by atoms with Crippen molar-refractivity contribution in [3.63, 3.8) is 0 Å². The molecule has 0 radical (unpaired) electrons. The summed E-state index contributed by atoms with van der Waals surface area (Å²) in [7, 11) is 0. The molecule has 2 aromatic rings. The second kappa shape index (κ2) is 9.57. The number of rotatable bonds is 8. The first-order valence-corrected chi connectivity index (χ1v) is 7.94. The van der Waals surface area contributed by atoms with Crippen LogP contribution in [0.2, 0.25) is 5.02 Å². The second-order valence-electron chi connectivity index (χ2n) is 4.85. The molecular weight excluding hydrogens is 328 g/mol. The zero-order valence-corrected chi connectivity index (χ0v) is 14.1. The van der Waals surface area contributed by atoms with Gasteiger partial charge in [-0.05, 0) is 36.2 Å². The van der Waals surface area contributed by atoms with Gasteiger partial charge in [0.1, 0.15) is 5.75 Å². The number of nitrogens with one attached hydrogen (secondary N) is 1. The number of halogens is 1. The maximum Gasteiger partial charge on any atom is 0.344 e. The van der Waals surface area contributed by atoms with Gasteiger partial charge < -0.3 is 14.9 Å². The number of hydrogen-bond acceptors (Lipinski definition) is 5. The molecule has 5 nitrogen and oxygen atoms in total. The molecule has 126 valence electrons. The molecule has 0 fully saturated rings. The van der Waals surface area contributed by atoms with E-state index in [-0.39, 0.29) is 6.61 Å². The maximum absolute atomic E-state index is 11.3. The average molecular weight is 347 g/mol. The van der Waals surface area contributed by atoms with Gasteiger partial charge in [0.05, 0.1) is 19.4 Å². The molecule has 2 rings (SSSR count). The minimum Gasteiger partial charge on any atom is -0.482 e. The van der Waals surface area contributed by atoms with E-state index in [0.29, 0.717) is 23.9 Å². The van der Waals surface area contributed by atoms with Gasteiger partial charge in [0.2, 0.25) is 0 Å². The van der Waals surface area contributed by atoms with Crippen molar-refractivity contribution < 1.29 is 14.3 Å². The molecule has 6 heteroatoms. The van der Waals surface area contributed by atoms with Crippen molar-refractivity contribution in [1.29, 1.82) is 0 Å². The smallest absolute Gasteiger partial charge is 0.344 e. The summed E-state index contributed by atoms with van der Waals surface area (Å²) in [4.78, 5) is 11.3. The Hall–Kier alpha value is -2.53. The summed E-state index contributed by atoms with van der Waals surface area (Å²) in [5.41, 5.74) is 4.77. The predicted octanol–water partition coefficient (Wildman–Crippen LogP) is 3.41. The topological polar surface area (TPSA) is 59.9 Å². The molecular formula is C18H19ClN2O3. The predicted molar refractivity (Wildman–Crippen MR) is 94.5 cm³/mol. The number of nitrogens with zero attached hydrogens (tertiary/aromatic N) is 1. The lowest BCUT2D eigenvalue weighted by Crippen LogP contribution is -2.14. The Morgan fingerprint density at radius 3 is 2.88 bits per heavy atom. The van der Waals surface area contributed by atoms with Crippen molar-refractivity contribution in [3.05, 3.63) is 64.7 Å². The summed E-state index contributed by atoms with van der Waals surface area (Å²) in [6, 6.07) is 14.9. The molecule has 0 saturated heterocycles. The molecule has 2 aromatic carbocycles. The van der Waals surface area contributed by atoms with Crippen molar-refractivity contribution in [1.82, 2.24) is 5.43 Å². The Morgan fingerprint density at radius 1 is 1.25 bits per heavy atom. The quantitative estimate of drug-likeness (QED) is 0.452. The largest absolute Gasteiger partial charge is 0.482 e. The van der Waals surface area contributed by atoms with Gasteiger partial charge in [0.15, 0.2) is 6.61 Å².